The van der Waals surface area contributed by atoms with Crippen LogP contribution in [-0.4, -0.2) is 51.1 Å². The van der Waals surface area contributed by atoms with Gasteiger partial charge in [0.15, 0.2) is 0 Å². The zero-order valence-corrected chi connectivity index (χ0v) is 20.3. The standard InChI is InChI=1S/C26H40O6/c1-16(24(27)28)20-8-9-21-19-7-6-17-12-18(31-14-29-4)13-23(32-15-30-5)26(17,3)22(19)10-11-25(20,21)2/h6-7,16,18,20-23H,8-15H2,1-5H3,(H,27,28)/t16?,18?,20-,21+,22+,23?,25-,26+/m1/s1. The third-order valence-corrected chi connectivity index (χ3v) is 9.47. The lowest BCUT2D eigenvalue weighted by Gasteiger charge is -2.57. The van der Waals surface area contributed by atoms with Crippen molar-refractivity contribution in [2.45, 2.75) is 71.5 Å². The Morgan fingerprint density at radius 1 is 1.09 bits per heavy atom. The third-order valence-electron chi connectivity index (χ3n) is 9.47. The molecule has 4 aliphatic carbocycles. The lowest BCUT2D eigenvalue weighted by Crippen LogP contribution is -2.54. The van der Waals surface area contributed by atoms with Crippen LogP contribution in [0.25, 0.3) is 0 Å². The summed E-state index contributed by atoms with van der Waals surface area (Å²) in [5, 5.41) is 9.71. The monoisotopic (exact) mass is 448 g/mol. The van der Waals surface area contributed by atoms with E-state index in [1.54, 1.807) is 14.2 Å². The molecular formula is C26H40O6. The first-order valence-corrected chi connectivity index (χ1v) is 12.1. The van der Waals surface area contributed by atoms with Crippen LogP contribution in [0.3, 0.4) is 0 Å². The predicted molar refractivity (Wildman–Crippen MR) is 121 cm³/mol. The van der Waals surface area contributed by atoms with Gasteiger partial charge in [-0.25, -0.2) is 0 Å². The first-order valence-electron chi connectivity index (χ1n) is 12.1. The third kappa shape index (κ3) is 3.77. The maximum atomic E-state index is 11.8. The fraction of sp³-hybridized carbons (Fsp3) is 0.808. The molecule has 6 nitrogen and oxygen atoms in total. The predicted octanol–water partition coefficient (Wildman–Crippen LogP) is 4.79. The van der Waals surface area contributed by atoms with Crippen LogP contribution in [-0.2, 0) is 23.7 Å². The van der Waals surface area contributed by atoms with Crippen LogP contribution in [0.2, 0.25) is 0 Å². The highest BCUT2D eigenvalue weighted by Gasteiger charge is 2.60. The maximum Gasteiger partial charge on any atom is 0.306 e. The molecule has 0 heterocycles. The first-order chi connectivity index (χ1) is 15.3. The van der Waals surface area contributed by atoms with Crippen LogP contribution in [0.4, 0.5) is 0 Å². The van der Waals surface area contributed by atoms with Gasteiger partial charge in [0.05, 0.1) is 18.1 Å². The van der Waals surface area contributed by atoms with Crippen molar-refractivity contribution < 1.29 is 28.8 Å². The molecule has 0 amide bonds. The van der Waals surface area contributed by atoms with Crippen LogP contribution in [0, 0.1) is 34.5 Å². The smallest absolute Gasteiger partial charge is 0.306 e. The minimum absolute atomic E-state index is 0.0116. The van der Waals surface area contributed by atoms with Crippen molar-refractivity contribution >= 4 is 5.97 Å². The molecule has 0 bridgehead atoms. The molecule has 8 atom stereocenters. The van der Waals surface area contributed by atoms with E-state index >= 15 is 0 Å². The van der Waals surface area contributed by atoms with Crippen molar-refractivity contribution in [1.29, 1.82) is 0 Å². The Hall–Kier alpha value is -1.21. The van der Waals surface area contributed by atoms with Crippen LogP contribution in [0.15, 0.2) is 23.3 Å². The van der Waals surface area contributed by atoms with E-state index in [1.165, 1.54) is 11.1 Å². The molecule has 32 heavy (non-hydrogen) atoms. The van der Waals surface area contributed by atoms with E-state index in [1.807, 2.05) is 6.92 Å². The molecule has 180 valence electrons. The van der Waals surface area contributed by atoms with Crippen molar-refractivity contribution in [2.75, 3.05) is 27.8 Å². The Bertz CT molecular complexity index is 774. The van der Waals surface area contributed by atoms with Gasteiger partial charge in [0.25, 0.3) is 0 Å². The molecule has 0 aliphatic heterocycles. The highest BCUT2D eigenvalue weighted by atomic mass is 16.7. The number of carboxylic acids is 1. The fourth-order valence-electron chi connectivity index (χ4n) is 7.72. The Labute approximate surface area is 192 Å². The SMILES string of the molecule is COCOC1CC2=CC=C3[C@@H]4CC[C@H](C(C)C(=O)O)[C@@]4(C)CC[C@@H]3[C@@]2(C)C(OCOC)C1. The summed E-state index contributed by atoms with van der Waals surface area (Å²) in [6, 6.07) is 0. The first kappa shape index (κ1) is 23.9. The number of rotatable bonds is 8. The molecule has 0 aromatic carbocycles. The van der Waals surface area contributed by atoms with Crippen molar-refractivity contribution in [3.8, 4) is 0 Å². The summed E-state index contributed by atoms with van der Waals surface area (Å²) in [6.07, 6.45) is 10.7. The molecular weight excluding hydrogens is 408 g/mol. The van der Waals surface area contributed by atoms with Gasteiger partial charge in [0, 0.05) is 26.1 Å². The van der Waals surface area contributed by atoms with Crippen LogP contribution in [0.1, 0.15) is 59.3 Å². The van der Waals surface area contributed by atoms with Crippen molar-refractivity contribution in [2.24, 2.45) is 34.5 Å². The number of aliphatic carboxylic acids is 1. The highest BCUT2D eigenvalue weighted by molar-refractivity contribution is 5.70. The summed E-state index contributed by atoms with van der Waals surface area (Å²) in [5.74, 6) is 0.161. The van der Waals surface area contributed by atoms with E-state index in [2.05, 4.69) is 26.0 Å². The Morgan fingerprint density at radius 2 is 1.81 bits per heavy atom. The Morgan fingerprint density at radius 3 is 2.50 bits per heavy atom. The van der Waals surface area contributed by atoms with E-state index in [0.717, 1.165) is 38.5 Å². The number of allylic oxidation sites excluding steroid dienone is 3. The van der Waals surface area contributed by atoms with Gasteiger partial charge in [-0.3, -0.25) is 4.79 Å². The summed E-state index contributed by atoms with van der Waals surface area (Å²) in [5.41, 5.74) is 2.89. The number of hydrogen-bond donors (Lipinski definition) is 1. The highest BCUT2D eigenvalue weighted by Crippen LogP contribution is 2.66. The lowest BCUT2D eigenvalue weighted by atomic mass is 9.49. The van der Waals surface area contributed by atoms with Gasteiger partial charge < -0.3 is 24.1 Å². The van der Waals surface area contributed by atoms with E-state index in [0.29, 0.717) is 18.6 Å². The number of ether oxygens (including phenoxy) is 4. The number of carbonyl (C=O) groups is 1. The molecule has 4 rings (SSSR count). The second-order valence-corrected chi connectivity index (χ2v) is 10.8. The minimum Gasteiger partial charge on any atom is -0.481 e. The van der Waals surface area contributed by atoms with Crippen LogP contribution < -0.4 is 0 Å². The van der Waals surface area contributed by atoms with E-state index < -0.39 is 5.97 Å². The van der Waals surface area contributed by atoms with Gasteiger partial charge in [0.2, 0.25) is 0 Å². The van der Waals surface area contributed by atoms with Crippen molar-refractivity contribution in [3.63, 3.8) is 0 Å². The number of fused-ring (bicyclic) bond motifs is 5. The van der Waals surface area contributed by atoms with Gasteiger partial charge in [-0.2, -0.15) is 0 Å². The normalized spacial score (nSPS) is 41.7. The van der Waals surface area contributed by atoms with Gasteiger partial charge in [-0.1, -0.05) is 44.1 Å². The average Bonchev–Trinajstić information content (AvgIpc) is 3.12. The number of carboxylic acid groups (broad SMARTS) is 1. The minimum atomic E-state index is -0.659. The number of hydrogen-bond acceptors (Lipinski definition) is 5. The molecule has 1 N–H and O–H groups in total. The Balaban J connectivity index is 1.65. The summed E-state index contributed by atoms with van der Waals surface area (Å²) >= 11 is 0. The second kappa shape index (κ2) is 9.21. The molecule has 3 fully saturated rings. The zero-order chi connectivity index (χ0) is 23.1. The van der Waals surface area contributed by atoms with Gasteiger partial charge in [-0.05, 0) is 55.3 Å². The topological polar surface area (TPSA) is 74.2 Å². The van der Waals surface area contributed by atoms with E-state index in [-0.39, 0.29) is 41.7 Å². The molecule has 3 saturated carbocycles. The summed E-state index contributed by atoms with van der Waals surface area (Å²) in [7, 11) is 3.32. The second-order valence-electron chi connectivity index (χ2n) is 10.8. The molecule has 4 aliphatic rings. The summed E-state index contributed by atoms with van der Waals surface area (Å²) < 4.78 is 22.7. The molecule has 0 radical (unpaired) electrons. The largest absolute Gasteiger partial charge is 0.481 e. The van der Waals surface area contributed by atoms with Gasteiger partial charge in [-0.15, -0.1) is 0 Å². The van der Waals surface area contributed by atoms with Crippen LogP contribution >= 0.6 is 0 Å². The Kier molecular flexibility index (Phi) is 6.88. The maximum absolute atomic E-state index is 11.8. The lowest BCUT2D eigenvalue weighted by molar-refractivity contribution is -0.164. The van der Waals surface area contributed by atoms with E-state index in [4.69, 9.17) is 18.9 Å². The van der Waals surface area contributed by atoms with E-state index in [9.17, 15) is 9.90 Å². The average molecular weight is 449 g/mol. The molecule has 0 aromatic rings. The number of methoxy groups -OCH3 is 2. The fourth-order valence-corrected chi connectivity index (χ4v) is 7.72. The quantitative estimate of drug-likeness (QED) is 0.538. The molecule has 0 aromatic heterocycles. The molecule has 3 unspecified atom stereocenters. The molecule has 6 heteroatoms. The summed E-state index contributed by atoms with van der Waals surface area (Å²) in [6.45, 7) is 7.19. The molecule has 0 spiro atoms. The summed E-state index contributed by atoms with van der Waals surface area (Å²) in [4.78, 5) is 11.8. The van der Waals surface area contributed by atoms with Crippen LogP contribution in [0.5, 0.6) is 0 Å². The molecule has 0 saturated heterocycles. The van der Waals surface area contributed by atoms with Gasteiger partial charge >= 0.3 is 5.97 Å². The van der Waals surface area contributed by atoms with Crippen molar-refractivity contribution in [1.82, 2.24) is 0 Å². The zero-order valence-electron chi connectivity index (χ0n) is 20.3. The van der Waals surface area contributed by atoms with Gasteiger partial charge in [0.1, 0.15) is 13.6 Å². The van der Waals surface area contributed by atoms with Crippen molar-refractivity contribution in [3.05, 3.63) is 23.3 Å².